The van der Waals surface area contributed by atoms with Gasteiger partial charge in [-0.1, -0.05) is 42.5 Å². The first-order chi connectivity index (χ1) is 14.3. The van der Waals surface area contributed by atoms with E-state index in [0.717, 1.165) is 11.1 Å². The van der Waals surface area contributed by atoms with Crippen molar-refractivity contribution < 1.29 is 18.0 Å². The van der Waals surface area contributed by atoms with Crippen molar-refractivity contribution in [1.82, 2.24) is 14.9 Å². The number of carbonyl (C=O) groups excluding carboxylic acids is 2. The van der Waals surface area contributed by atoms with Gasteiger partial charge in [0, 0.05) is 25.7 Å². The van der Waals surface area contributed by atoms with Gasteiger partial charge in [-0.05, 0) is 49.4 Å². The molecule has 0 aliphatic carbocycles. The Labute approximate surface area is 177 Å². The van der Waals surface area contributed by atoms with E-state index in [1.165, 1.54) is 4.31 Å². The average Bonchev–Trinajstić information content (AvgIpc) is 3.22. The molecule has 0 saturated carbocycles. The van der Waals surface area contributed by atoms with E-state index in [9.17, 15) is 18.0 Å². The molecule has 0 radical (unpaired) electrons. The second kappa shape index (κ2) is 9.40. The van der Waals surface area contributed by atoms with E-state index < -0.39 is 21.8 Å². The predicted octanol–water partition coefficient (Wildman–Crippen LogP) is 1.89. The summed E-state index contributed by atoms with van der Waals surface area (Å²) in [5.74, 6) is -1.50. The van der Waals surface area contributed by atoms with Crippen LogP contribution in [0.1, 0.15) is 29.5 Å². The number of rotatable bonds is 6. The van der Waals surface area contributed by atoms with Gasteiger partial charge in [0.1, 0.15) is 0 Å². The number of nitrogens with zero attached hydrogens (tertiary/aromatic N) is 1. The predicted molar refractivity (Wildman–Crippen MR) is 114 cm³/mol. The van der Waals surface area contributed by atoms with Crippen LogP contribution < -0.4 is 10.6 Å². The minimum Gasteiger partial charge on any atom is -0.346 e. The Morgan fingerprint density at radius 3 is 2.47 bits per heavy atom. The van der Waals surface area contributed by atoms with Crippen LogP contribution >= 0.6 is 0 Å². The minimum atomic E-state index is -3.67. The van der Waals surface area contributed by atoms with Crippen molar-refractivity contribution in [2.45, 2.75) is 44.2 Å². The molecule has 160 valence electrons. The van der Waals surface area contributed by atoms with Crippen molar-refractivity contribution in [3.8, 4) is 0 Å². The van der Waals surface area contributed by atoms with E-state index in [2.05, 4.69) is 10.6 Å². The van der Waals surface area contributed by atoms with Crippen LogP contribution in [0.5, 0.6) is 0 Å². The highest BCUT2D eigenvalue weighted by Crippen LogP contribution is 2.28. The molecule has 2 aromatic rings. The quantitative estimate of drug-likeness (QED) is 0.686. The Hall–Kier alpha value is -2.71. The number of benzene rings is 2. The summed E-state index contributed by atoms with van der Waals surface area (Å²) in [5, 5.41) is 5.16. The van der Waals surface area contributed by atoms with Crippen LogP contribution in [0.4, 0.5) is 0 Å². The second-order valence-electron chi connectivity index (χ2n) is 7.56. The maximum Gasteiger partial charge on any atom is 0.309 e. The van der Waals surface area contributed by atoms with Gasteiger partial charge in [0.25, 0.3) is 0 Å². The Kier molecular flexibility index (Phi) is 6.89. The zero-order chi connectivity index (χ0) is 21.7. The zero-order valence-electron chi connectivity index (χ0n) is 17.2. The third-order valence-electron chi connectivity index (χ3n) is 5.25. The molecule has 0 unspecified atom stereocenters. The van der Waals surface area contributed by atoms with Gasteiger partial charge in [0.2, 0.25) is 10.0 Å². The Balaban J connectivity index is 1.60. The number of aryl methyl sites for hydroxylation is 2. The average molecular weight is 430 g/mol. The number of hydrogen-bond acceptors (Lipinski definition) is 4. The summed E-state index contributed by atoms with van der Waals surface area (Å²) in [4.78, 5) is 24.5. The fourth-order valence-corrected chi connectivity index (χ4v) is 5.59. The lowest BCUT2D eigenvalue weighted by atomic mass is 10.2. The first-order valence-corrected chi connectivity index (χ1v) is 11.4. The van der Waals surface area contributed by atoms with Crippen LogP contribution in [0.25, 0.3) is 0 Å². The number of amides is 2. The Morgan fingerprint density at radius 1 is 1.03 bits per heavy atom. The molecule has 1 fully saturated rings. The van der Waals surface area contributed by atoms with Gasteiger partial charge in [-0.3, -0.25) is 9.59 Å². The van der Waals surface area contributed by atoms with Crippen molar-refractivity contribution in [2.24, 2.45) is 0 Å². The first-order valence-electron chi connectivity index (χ1n) is 9.98. The molecule has 2 N–H and O–H groups in total. The normalized spacial score (nSPS) is 16.9. The largest absolute Gasteiger partial charge is 0.346 e. The Bertz CT molecular complexity index is 1020. The highest BCUT2D eigenvalue weighted by molar-refractivity contribution is 7.89. The fourth-order valence-electron chi connectivity index (χ4n) is 3.59. The molecule has 30 heavy (non-hydrogen) atoms. The molecule has 0 aromatic heterocycles. The summed E-state index contributed by atoms with van der Waals surface area (Å²) in [5.41, 5.74) is 2.45. The summed E-state index contributed by atoms with van der Waals surface area (Å²) < 4.78 is 27.8. The molecule has 7 nitrogen and oxygen atoms in total. The maximum absolute atomic E-state index is 13.2. The smallest absolute Gasteiger partial charge is 0.309 e. The molecule has 2 aromatic carbocycles. The van der Waals surface area contributed by atoms with E-state index in [1.54, 1.807) is 19.1 Å². The molecule has 1 atom stereocenters. The van der Waals surface area contributed by atoms with E-state index in [1.807, 2.05) is 43.3 Å². The number of nitrogens with one attached hydrogen (secondary N) is 2. The summed E-state index contributed by atoms with van der Waals surface area (Å²) in [6.07, 6.45) is 1.35. The maximum atomic E-state index is 13.2. The molecule has 8 heteroatoms. The van der Waals surface area contributed by atoms with Gasteiger partial charge in [-0.15, -0.1) is 0 Å². The van der Waals surface area contributed by atoms with Crippen molar-refractivity contribution in [3.05, 3.63) is 65.2 Å². The highest BCUT2D eigenvalue weighted by Gasteiger charge is 2.36. The van der Waals surface area contributed by atoms with Gasteiger partial charge in [0.15, 0.2) is 0 Å². The standard InChI is InChI=1S/C22H27N3O4S/c1-16-10-11-17(2)20(13-16)30(28,29)25-12-6-9-19(25)15-24-22(27)21(26)23-14-18-7-4-3-5-8-18/h3-5,7-8,10-11,13,19H,6,9,12,14-15H2,1-2H3,(H,23,26)(H,24,27)/t19-/m0/s1. The van der Waals surface area contributed by atoms with Gasteiger partial charge in [-0.2, -0.15) is 4.31 Å². The topological polar surface area (TPSA) is 95.6 Å². The number of sulfonamides is 1. The second-order valence-corrected chi connectivity index (χ2v) is 9.42. The van der Waals surface area contributed by atoms with Crippen LogP contribution in [0.3, 0.4) is 0 Å². The Morgan fingerprint density at radius 2 is 1.73 bits per heavy atom. The van der Waals surface area contributed by atoms with Crippen molar-refractivity contribution in [1.29, 1.82) is 0 Å². The van der Waals surface area contributed by atoms with E-state index in [0.29, 0.717) is 29.8 Å². The fraction of sp³-hybridized carbons (Fsp3) is 0.364. The van der Waals surface area contributed by atoms with Gasteiger partial charge >= 0.3 is 11.8 Å². The van der Waals surface area contributed by atoms with E-state index in [4.69, 9.17) is 0 Å². The van der Waals surface area contributed by atoms with E-state index >= 15 is 0 Å². The van der Waals surface area contributed by atoms with Crippen LogP contribution in [-0.4, -0.2) is 43.7 Å². The van der Waals surface area contributed by atoms with Crippen molar-refractivity contribution >= 4 is 21.8 Å². The molecule has 3 rings (SSSR count). The van der Waals surface area contributed by atoms with Crippen molar-refractivity contribution in [3.63, 3.8) is 0 Å². The molecule has 0 bridgehead atoms. The molecular formula is C22H27N3O4S. The molecule has 2 amide bonds. The molecule has 1 heterocycles. The summed E-state index contributed by atoms with van der Waals surface area (Å²) in [7, 11) is -3.67. The van der Waals surface area contributed by atoms with Gasteiger partial charge in [0.05, 0.1) is 4.90 Å². The number of hydrogen-bond donors (Lipinski definition) is 2. The molecule has 1 saturated heterocycles. The number of carbonyl (C=O) groups is 2. The first kappa shape index (κ1) is 22.0. The molecule has 1 aliphatic rings. The van der Waals surface area contributed by atoms with Crippen molar-refractivity contribution in [2.75, 3.05) is 13.1 Å². The SMILES string of the molecule is Cc1ccc(C)c(S(=O)(=O)N2CCC[C@H]2CNC(=O)C(=O)NCc2ccccc2)c1. The molecular weight excluding hydrogens is 402 g/mol. The van der Waals surface area contributed by atoms with Gasteiger partial charge in [-0.25, -0.2) is 8.42 Å². The third kappa shape index (κ3) is 5.06. The van der Waals surface area contributed by atoms with Crippen LogP contribution in [0.15, 0.2) is 53.4 Å². The van der Waals surface area contributed by atoms with Gasteiger partial charge < -0.3 is 10.6 Å². The lowest BCUT2D eigenvalue weighted by Gasteiger charge is -2.25. The monoisotopic (exact) mass is 429 g/mol. The van der Waals surface area contributed by atoms with Crippen LogP contribution in [0, 0.1) is 13.8 Å². The molecule has 0 spiro atoms. The summed E-state index contributed by atoms with van der Waals surface area (Å²) in [6, 6.07) is 14.3. The van der Waals surface area contributed by atoms with Crippen LogP contribution in [-0.2, 0) is 26.2 Å². The lowest BCUT2D eigenvalue weighted by Crippen LogP contribution is -2.46. The zero-order valence-corrected chi connectivity index (χ0v) is 18.0. The van der Waals surface area contributed by atoms with Crippen LogP contribution in [0.2, 0.25) is 0 Å². The van der Waals surface area contributed by atoms with E-state index in [-0.39, 0.29) is 19.1 Å². The molecule has 1 aliphatic heterocycles. The summed E-state index contributed by atoms with van der Waals surface area (Å²) >= 11 is 0. The minimum absolute atomic E-state index is 0.0989. The highest BCUT2D eigenvalue weighted by atomic mass is 32.2. The summed E-state index contributed by atoms with van der Waals surface area (Å²) in [6.45, 7) is 4.38. The lowest BCUT2D eigenvalue weighted by molar-refractivity contribution is -0.139. The third-order valence-corrected chi connectivity index (χ3v) is 7.35.